The first-order chi connectivity index (χ1) is 28.7. The molecule has 2 aromatic rings. The fourth-order valence-corrected chi connectivity index (χ4v) is 6.53. The third-order valence-electron chi connectivity index (χ3n) is 9.76. The summed E-state index contributed by atoms with van der Waals surface area (Å²) >= 11 is 0. The van der Waals surface area contributed by atoms with Crippen molar-refractivity contribution in [3.05, 3.63) is 58.6 Å². The molecule has 2 heterocycles. The molecule has 1 aromatic heterocycles. The van der Waals surface area contributed by atoms with Crippen LogP contribution < -0.4 is 27.0 Å². The zero-order valence-corrected chi connectivity index (χ0v) is 35.6. The first-order valence-corrected chi connectivity index (χ1v) is 21.3. The van der Waals surface area contributed by atoms with Crippen molar-refractivity contribution in [3.63, 3.8) is 0 Å². The summed E-state index contributed by atoms with van der Waals surface area (Å²) in [6, 6.07) is 8.94. The normalized spacial score (nSPS) is 18.0. The van der Waals surface area contributed by atoms with Gasteiger partial charge in [0.05, 0.1) is 6.54 Å². The molecule has 0 bridgehead atoms. The van der Waals surface area contributed by atoms with Crippen molar-refractivity contribution < 1.29 is 48.4 Å². The Morgan fingerprint density at radius 3 is 2.02 bits per heavy atom. The monoisotopic (exact) mass is 842 g/mol. The molecule has 0 spiro atoms. The van der Waals surface area contributed by atoms with E-state index in [4.69, 9.17) is 14.2 Å². The maximum absolute atomic E-state index is 13.4. The van der Waals surface area contributed by atoms with Crippen LogP contribution in [0.15, 0.2) is 47.4 Å². The number of amides is 4. The number of carbonyl (C=O) groups excluding carboxylic acids is 5. The zero-order valence-electron chi connectivity index (χ0n) is 35.6. The van der Waals surface area contributed by atoms with Crippen molar-refractivity contribution in [2.45, 2.75) is 160 Å². The standard InChI is InChI=1S/C43H66N6O11/c1-5-6-7-8-9-10-11-12-13-14-15-16-20-23-36(52)58-29-32-37(53)38(54)40(59-32)49-25-24-33(48-41(49)56)47-39(55)31(26-30-21-18-17-19-22-30)46-35(51)28-44-34(50)27-45-42(57)60-43(2,3)4/h17-19,21-22,24-25,31-32,37-38,40,53-54H,5-16,20,23,26-29H2,1-4H3,(H,44,50)(H,45,57)(H,46,51)(H,47,48,55,56)/t31-,32+,37+,38-,40+/m0/s1. The number of rotatable bonds is 26. The van der Waals surface area contributed by atoms with Gasteiger partial charge in [-0.15, -0.1) is 0 Å². The quantitative estimate of drug-likeness (QED) is 0.0578. The van der Waals surface area contributed by atoms with Gasteiger partial charge in [0, 0.05) is 19.0 Å². The molecule has 6 N–H and O–H groups in total. The molecule has 1 aromatic carbocycles. The van der Waals surface area contributed by atoms with Gasteiger partial charge in [-0.3, -0.25) is 23.7 Å². The van der Waals surface area contributed by atoms with Gasteiger partial charge in [0.1, 0.15) is 48.9 Å². The Hall–Kier alpha value is -4.87. The maximum atomic E-state index is 13.4. The van der Waals surface area contributed by atoms with E-state index in [-0.39, 0.29) is 25.3 Å². The predicted molar refractivity (Wildman–Crippen MR) is 224 cm³/mol. The van der Waals surface area contributed by atoms with Crippen molar-refractivity contribution in [3.8, 4) is 0 Å². The number of nitrogens with one attached hydrogen (secondary N) is 4. The average Bonchev–Trinajstić information content (AvgIpc) is 3.48. The van der Waals surface area contributed by atoms with Crippen LogP contribution >= 0.6 is 0 Å². The SMILES string of the molecule is CCCCCCCCCCCCCCCC(=O)OC[C@H]1O[C@@H](n2ccc(NC(=O)[C@H](Cc3ccccc3)NC(=O)CNC(=O)CNC(=O)OC(C)(C)C)nc2=O)[C@@H](O)[C@@H]1O. The number of anilines is 1. The Morgan fingerprint density at radius 1 is 0.817 bits per heavy atom. The van der Waals surface area contributed by atoms with Gasteiger partial charge in [0.15, 0.2) is 6.23 Å². The minimum Gasteiger partial charge on any atom is -0.463 e. The van der Waals surface area contributed by atoms with Crippen molar-refractivity contribution in [2.75, 3.05) is 25.0 Å². The lowest BCUT2D eigenvalue weighted by molar-refractivity contribution is -0.150. The number of unbranched alkanes of at least 4 members (excludes halogenated alkanes) is 12. The lowest BCUT2D eigenvalue weighted by Gasteiger charge is -2.20. The minimum atomic E-state index is -1.55. The lowest BCUT2D eigenvalue weighted by atomic mass is 10.0. The van der Waals surface area contributed by atoms with Crippen LogP contribution in [0.25, 0.3) is 0 Å². The Labute approximate surface area is 352 Å². The number of carbonyl (C=O) groups is 5. The number of hydrogen-bond acceptors (Lipinski definition) is 12. The molecule has 1 aliphatic heterocycles. The Balaban J connectivity index is 1.45. The lowest BCUT2D eigenvalue weighted by Crippen LogP contribution is -2.49. The Morgan fingerprint density at radius 2 is 1.42 bits per heavy atom. The van der Waals surface area contributed by atoms with Gasteiger partial charge in [-0.25, -0.2) is 9.59 Å². The summed E-state index contributed by atoms with van der Waals surface area (Å²) in [6.07, 6.45) is 10.7. The molecule has 17 heteroatoms. The van der Waals surface area contributed by atoms with E-state index in [0.29, 0.717) is 12.0 Å². The maximum Gasteiger partial charge on any atom is 0.408 e. The highest BCUT2D eigenvalue weighted by atomic mass is 16.6. The fourth-order valence-electron chi connectivity index (χ4n) is 6.53. The Bertz CT molecular complexity index is 1700. The highest BCUT2D eigenvalue weighted by Crippen LogP contribution is 2.29. The van der Waals surface area contributed by atoms with Gasteiger partial charge in [0.25, 0.3) is 0 Å². The third-order valence-corrected chi connectivity index (χ3v) is 9.76. The molecule has 0 aliphatic carbocycles. The first kappa shape index (κ1) is 49.5. The number of benzene rings is 1. The molecular formula is C43H66N6O11. The molecule has 3 rings (SSSR count). The number of aromatic nitrogens is 2. The van der Waals surface area contributed by atoms with Gasteiger partial charge >= 0.3 is 17.8 Å². The summed E-state index contributed by atoms with van der Waals surface area (Å²) in [6.45, 7) is 5.98. The molecule has 60 heavy (non-hydrogen) atoms. The van der Waals surface area contributed by atoms with Crippen molar-refractivity contribution >= 4 is 35.6 Å². The van der Waals surface area contributed by atoms with E-state index >= 15 is 0 Å². The number of alkyl carbamates (subject to hydrolysis) is 1. The number of ether oxygens (including phenoxy) is 3. The summed E-state index contributed by atoms with van der Waals surface area (Å²) in [4.78, 5) is 79.6. The molecule has 0 unspecified atom stereocenters. The second-order valence-corrected chi connectivity index (χ2v) is 16.2. The molecule has 5 atom stereocenters. The van der Waals surface area contributed by atoms with E-state index in [1.807, 2.05) is 0 Å². The average molecular weight is 843 g/mol. The largest absolute Gasteiger partial charge is 0.463 e. The van der Waals surface area contributed by atoms with Crippen molar-refractivity contribution in [1.82, 2.24) is 25.5 Å². The summed E-state index contributed by atoms with van der Waals surface area (Å²) in [5.74, 6) is -2.69. The summed E-state index contributed by atoms with van der Waals surface area (Å²) in [7, 11) is 0. The van der Waals surface area contributed by atoms with Crippen LogP contribution in [0, 0.1) is 0 Å². The van der Waals surface area contributed by atoms with E-state index in [1.54, 1.807) is 51.1 Å². The number of nitrogens with zero attached hydrogens (tertiary/aromatic N) is 2. The molecule has 4 amide bonds. The topological polar surface area (TPSA) is 237 Å². The highest BCUT2D eigenvalue weighted by molar-refractivity contribution is 5.97. The fraction of sp³-hybridized carbons (Fsp3) is 0.651. The molecule has 334 valence electrons. The molecule has 1 saturated heterocycles. The van der Waals surface area contributed by atoms with Crippen LogP contribution in [0.1, 0.15) is 129 Å². The van der Waals surface area contributed by atoms with E-state index in [9.17, 15) is 39.0 Å². The van der Waals surface area contributed by atoms with E-state index in [1.165, 1.54) is 70.1 Å². The highest BCUT2D eigenvalue weighted by Gasteiger charge is 2.44. The van der Waals surface area contributed by atoms with Gasteiger partial charge < -0.3 is 45.7 Å². The zero-order chi connectivity index (χ0) is 43.9. The number of aliphatic hydroxyl groups is 2. The van der Waals surface area contributed by atoms with Crippen molar-refractivity contribution in [2.24, 2.45) is 0 Å². The summed E-state index contributed by atoms with van der Waals surface area (Å²) < 4.78 is 17.1. The Kier molecular flexibility index (Phi) is 21.7. The molecule has 1 fully saturated rings. The van der Waals surface area contributed by atoms with Gasteiger partial charge in [-0.05, 0) is 38.8 Å². The van der Waals surface area contributed by atoms with E-state index < -0.39 is 84.7 Å². The van der Waals surface area contributed by atoms with Crippen LogP contribution in [0.4, 0.5) is 10.6 Å². The summed E-state index contributed by atoms with van der Waals surface area (Å²) in [5, 5.41) is 31.1. The molecule has 1 aliphatic rings. The molecule has 17 nitrogen and oxygen atoms in total. The third kappa shape index (κ3) is 19.0. The number of esters is 1. The van der Waals surface area contributed by atoms with Crippen LogP contribution in [-0.4, -0.2) is 99.2 Å². The molecular weight excluding hydrogens is 777 g/mol. The number of hydrogen-bond donors (Lipinski definition) is 6. The van der Waals surface area contributed by atoms with E-state index in [2.05, 4.69) is 33.2 Å². The van der Waals surface area contributed by atoms with Gasteiger partial charge in [-0.2, -0.15) is 4.98 Å². The molecule has 0 radical (unpaired) electrons. The summed E-state index contributed by atoms with van der Waals surface area (Å²) in [5.41, 5.74) is -0.974. The van der Waals surface area contributed by atoms with Crippen LogP contribution in [-0.2, 0) is 39.8 Å². The first-order valence-electron chi connectivity index (χ1n) is 21.3. The van der Waals surface area contributed by atoms with Crippen molar-refractivity contribution in [1.29, 1.82) is 0 Å². The second kappa shape index (κ2) is 26.4. The predicted octanol–water partition coefficient (Wildman–Crippen LogP) is 4.19. The minimum absolute atomic E-state index is 0.0506. The molecule has 0 saturated carbocycles. The number of aliphatic hydroxyl groups excluding tert-OH is 2. The van der Waals surface area contributed by atoms with Gasteiger partial charge in [0.2, 0.25) is 17.7 Å². The van der Waals surface area contributed by atoms with Crippen LogP contribution in [0.5, 0.6) is 0 Å². The second-order valence-electron chi connectivity index (χ2n) is 16.2. The van der Waals surface area contributed by atoms with E-state index in [0.717, 1.165) is 23.8 Å². The smallest absolute Gasteiger partial charge is 0.408 e. The van der Waals surface area contributed by atoms with Gasteiger partial charge in [-0.1, -0.05) is 114 Å². The van der Waals surface area contributed by atoms with Crippen LogP contribution in [0.2, 0.25) is 0 Å². The van der Waals surface area contributed by atoms with Crippen LogP contribution in [0.3, 0.4) is 0 Å².